The first-order valence-corrected chi connectivity index (χ1v) is 0.847. The van der Waals surface area contributed by atoms with Gasteiger partial charge in [-0.25, -0.2) is 0 Å². The van der Waals surface area contributed by atoms with E-state index in [0.717, 1.165) is 0 Å². The van der Waals surface area contributed by atoms with Gasteiger partial charge in [-0.05, 0) is 20.9 Å². The molecule has 0 aliphatic rings. The Morgan fingerprint density at radius 3 is 0.818 bits per heavy atom. The van der Waals surface area contributed by atoms with Gasteiger partial charge < -0.3 is 23.3 Å². The molecule has 10 nitrogen and oxygen atoms in total. The molecular weight excluding hydrogens is 339 g/mol. The van der Waals surface area contributed by atoms with Crippen LogP contribution in [0.15, 0.2) is 0 Å². The molecule has 0 spiro atoms. The van der Waals surface area contributed by atoms with E-state index < -0.39 is 0 Å². The Balaban J connectivity index is -0.00000000400. The van der Waals surface area contributed by atoms with Crippen LogP contribution in [0, 0.1) is 11.1 Å². The Bertz CT molecular complexity index is 66.1. The van der Waals surface area contributed by atoms with Crippen LogP contribution in [-0.4, -0.2) is 11.0 Å². The van der Waals surface area contributed by atoms with Gasteiger partial charge in [0.15, 0.2) is 0 Å². The van der Waals surface area contributed by atoms with Crippen LogP contribution in [0.4, 0.5) is 0 Å². The molecule has 0 atom stereocenters. The molecule has 10 N–H and O–H groups in total. The maximum atomic E-state index is 6.86. The molecule has 70 valence electrons. The summed E-state index contributed by atoms with van der Waals surface area (Å²) in [5.74, 6) is 0. The zero-order chi connectivity index (χ0) is 5.41. The van der Waals surface area contributed by atoms with Crippen molar-refractivity contribution in [1.82, 2.24) is 12.3 Å². The molecule has 0 aliphatic heterocycles. The fraction of sp³-hybridized carbons (Fsp3) is 0. The quantitative estimate of drug-likeness (QED) is 0.289. The predicted octanol–water partition coefficient (Wildman–Crippen LogP) is 1.72. The van der Waals surface area contributed by atoms with E-state index in [1.54, 1.807) is 9.82 Å². The Hall–Kier alpha value is -0.852. The maximum Gasteiger partial charge on any atom is 4.00 e. The fourth-order valence-electron chi connectivity index (χ4n) is 0. The summed E-state index contributed by atoms with van der Waals surface area (Å²) in [6.07, 6.45) is 0. The van der Waals surface area contributed by atoms with Crippen LogP contribution in [0.1, 0.15) is 0 Å². The molecule has 0 aromatic rings. The average molecular weight is 349 g/mol. The smallest absolute Gasteiger partial charge is 0.870 e. The van der Waals surface area contributed by atoms with Crippen LogP contribution in [0.2, 0.25) is 0 Å². The van der Waals surface area contributed by atoms with Crippen LogP contribution in [-0.2, 0) is 21.1 Å². The van der Waals surface area contributed by atoms with Gasteiger partial charge >= 0.3 is 21.1 Å². The molecule has 11 heteroatoms. The number of hydrogen-bond donors (Lipinski definition) is 4. The Morgan fingerprint density at radius 1 is 0.818 bits per heavy atom. The third kappa shape index (κ3) is 644. The molecule has 0 heterocycles. The molecule has 0 bridgehead atoms. The summed E-state index contributed by atoms with van der Waals surface area (Å²) in [7, 11) is 0. The van der Waals surface area contributed by atoms with Crippen LogP contribution >= 0.6 is 0 Å². The first-order chi connectivity index (χ1) is 2.83. The molecule has 0 amide bonds. The second-order valence-corrected chi connectivity index (χ2v) is 0.200. The summed E-state index contributed by atoms with van der Waals surface area (Å²) < 4.78 is 0. The van der Waals surface area contributed by atoms with Gasteiger partial charge in [0.05, 0.1) is 0 Å². The van der Waals surface area contributed by atoms with Crippen molar-refractivity contribution < 1.29 is 32.0 Å². The van der Waals surface area contributed by atoms with E-state index in [1.807, 2.05) is 0 Å². The van der Waals surface area contributed by atoms with E-state index in [-0.39, 0.29) is 44.3 Å². The molecule has 0 rings (SSSR count). The van der Waals surface area contributed by atoms with Crippen molar-refractivity contribution in [2.45, 2.75) is 0 Å². The normalized spacial score (nSPS) is 1.45. The third-order valence-electron chi connectivity index (χ3n) is 0. The van der Waals surface area contributed by atoms with Crippen LogP contribution < -0.4 is 12.3 Å². The number of nitrogens with zero attached hydrogens (tertiary/aromatic N) is 4. The molecule has 0 aliphatic carbocycles. The number of nitrogens with one attached hydrogen (secondary N) is 2. The molecule has 0 aromatic heterocycles. The molecule has 0 unspecified atom stereocenters. The van der Waals surface area contributed by atoms with Crippen molar-refractivity contribution in [2.75, 3.05) is 0 Å². The first-order valence-electron chi connectivity index (χ1n) is 0.847. The molecule has 11 heavy (non-hydrogen) atoms. The second-order valence-electron chi connectivity index (χ2n) is 0.200. The van der Waals surface area contributed by atoms with Gasteiger partial charge in [-0.3, -0.25) is 0 Å². The monoisotopic (exact) mass is 349 g/mol. The first kappa shape index (κ1) is 85.7. The third-order valence-corrected chi connectivity index (χ3v) is 0. The zero-order valence-corrected chi connectivity index (χ0v) is 7.69. The zero-order valence-electron chi connectivity index (χ0n) is 5.41. The molecular formula is H10N8O2Pt+2. The summed E-state index contributed by atoms with van der Waals surface area (Å²) >= 11 is 0. The molecule has 0 aromatic carbocycles. The van der Waals surface area contributed by atoms with Crippen molar-refractivity contribution in [1.29, 1.82) is 11.1 Å². The number of rotatable bonds is 0. The Morgan fingerprint density at radius 2 is 0.818 bits per heavy atom. The largest absolute Gasteiger partial charge is 4.00 e. The number of hydrogen-bond acceptors (Lipinski definition) is 6. The van der Waals surface area contributed by atoms with Gasteiger partial charge in [-0.15, -0.1) is 11.1 Å². The Kier molecular flexibility index (Phi) is 3590. The van der Waals surface area contributed by atoms with Gasteiger partial charge in [-0.2, -0.15) is 0 Å². The SMILES string of the molecule is N.N.[N-]=[N+]=N.[N-]=[N+]=N.[OH-].[OH-].[Pt+4]. The minimum atomic E-state index is 0. The standard InChI is InChI=1S/2HN3.2H3N.2H2O.Pt/c2*1-3-2;;;;;/h2*1H;2*1H3;2*1H2;/q;;;;;;+4/p-2. The summed E-state index contributed by atoms with van der Waals surface area (Å²) in [5, 5.41) is 0. The van der Waals surface area contributed by atoms with Crippen molar-refractivity contribution in [3.05, 3.63) is 20.9 Å². The van der Waals surface area contributed by atoms with Crippen molar-refractivity contribution in [2.24, 2.45) is 0 Å². The van der Waals surface area contributed by atoms with E-state index in [4.69, 9.17) is 22.1 Å². The van der Waals surface area contributed by atoms with Crippen LogP contribution in [0.3, 0.4) is 0 Å². The average Bonchev–Trinajstić information content (AvgIpc) is 1.39. The Labute approximate surface area is 76.8 Å². The van der Waals surface area contributed by atoms with Crippen molar-refractivity contribution in [3.63, 3.8) is 0 Å². The minimum Gasteiger partial charge on any atom is -0.870 e. The van der Waals surface area contributed by atoms with Crippen molar-refractivity contribution in [3.8, 4) is 0 Å². The summed E-state index contributed by atoms with van der Waals surface area (Å²) in [5.41, 5.74) is 24.5. The summed E-state index contributed by atoms with van der Waals surface area (Å²) in [6, 6.07) is 0. The van der Waals surface area contributed by atoms with E-state index in [9.17, 15) is 0 Å². The molecule has 0 saturated carbocycles. The summed E-state index contributed by atoms with van der Waals surface area (Å²) in [4.78, 5) is 3.50. The van der Waals surface area contributed by atoms with Gasteiger partial charge in [0.1, 0.15) is 0 Å². The molecule has 0 saturated heterocycles. The van der Waals surface area contributed by atoms with Crippen LogP contribution in [0.25, 0.3) is 20.9 Å². The molecule has 0 fully saturated rings. The van der Waals surface area contributed by atoms with Gasteiger partial charge in [-0.1, -0.05) is 0 Å². The summed E-state index contributed by atoms with van der Waals surface area (Å²) in [6.45, 7) is 0. The topological polar surface area (TPSA) is 250 Å². The van der Waals surface area contributed by atoms with Gasteiger partial charge in [0.2, 0.25) is 0 Å². The van der Waals surface area contributed by atoms with Gasteiger partial charge in [0.25, 0.3) is 0 Å². The van der Waals surface area contributed by atoms with E-state index in [2.05, 4.69) is 0 Å². The predicted molar refractivity (Wildman–Crippen MR) is 32.8 cm³/mol. The van der Waals surface area contributed by atoms with E-state index in [1.165, 1.54) is 0 Å². The van der Waals surface area contributed by atoms with Gasteiger partial charge in [0, 0.05) is 0 Å². The van der Waals surface area contributed by atoms with E-state index >= 15 is 0 Å². The molecule has 0 radical (unpaired) electrons. The van der Waals surface area contributed by atoms with Crippen molar-refractivity contribution >= 4 is 0 Å². The fourth-order valence-corrected chi connectivity index (χ4v) is 0. The maximum absolute atomic E-state index is 6.86. The van der Waals surface area contributed by atoms with Crippen LogP contribution in [0.5, 0.6) is 0 Å². The van der Waals surface area contributed by atoms with E-state index in [0.29, 0.717) is 0 Å². The minimum absolute atomic E-state index is 0. The second kappa shape index (κ2) is 461.